The van der Waals surface area contributed by atoms with Crippen LogP contribution in [0.4, 0.5) is 0 Å². The van der Waals surface area contributed by atoms with Gasteiger partial charge in [0.15, 0.2) is 11.5 Å². The van der Waals surface area contributed by atoms with Crippen LogP contribution in [-0.4, -0.2) is 51.1 Å². The van der Waals surface area contributed by atoms with Crippen LogP contribution in [0.15, 0.2) is 78.9 Å². The van der Waals surface area contributed by atoms with Crippen molar-refractivity contribution in [3.8, 4) is 29.1 Å². The molecule has 0 aliphatic heterocycles. The van der Waals surface area contributed by atoms with Crippen molar-refractivity contribution in [2.45, 2.75) is 51.2 Å². The summed E-state index contributed by atoms with van der Waals surface area (Å²) in [4.78, 5) is 8.99. The lowest BCUT2D eigenvalue weighted by atomic mass is 9.83. The summed E-state index contributed by atoms with van der Waals surface area (Å²) in [5.41, 5.74) is 3.27. The van der Waals surface area contributed by atoms with Crippen molar-refractivity contribution >= 4 is 0 Å². The van der Waals surface area contributed by atoms with E-state index in [-0.39, 0.29) is 6.01 Å². The van der Waals surface area contributed by atoms with Gasteiger partial charge in [0, 0.05) is 11.8 Å². The highest BCUT2D eigenvalue weighted by Crippen LogP contribution is 2.40. The fraction of sp³-hybridized carbons (Fsp3) is 0.371. The number of hydrogen-bond acceptors (Lipinski definition) is 8. The van der Waals surface area contributed by atoms with Crippen LogP contribution in [0.25, 0.3) is 0 Å². The molecular weight excluding hydrogens is 544 g/mol. The molecule has 1 heterocycles. The van der Waals surface area contributed by atoms with E-state index in [0.717, 1.165) is 29.7 Å². The van der Waals surface area contributed by atoms with Crippen LogP contribution in [0.2, 0.25) is 0 Å². The molecule has 3 aromatic carbocycles. The SMILES string of the molecule is COc1cc(C)nc(OC(C)C(CCCc2ccccc2)(OCCc2cc(OC)c(OC)c(OC)c2)c2ccccc2)n1. The van der Waals surface area contributed by atoms with Gasteiger partial charge >= 0.3 is 6.01 Å². The van der Waals surface area contributed by atoms with Crippen molar-refractivity contribution in [2.24, 2.45) is 0 Å². The number of hydrogen-bond donors (Lipinski definition) is 0. The summed E-state index contributed by atoms with van der Waals surface area (Å²) in [5, 5.41) is 0. The van der Waals surface area contributed by atoms with Gasteiger partial charge < -0.3 is 28.4 Å². The normalized spacial score (nSPS) is 13.1. The van der Waals surface area contributed by atoms with Gasteiger partial charge in [0.25, 0.3) is 0 Å². The van der Waals surface area contributed by atoms with Gasteiger partial charge in [-0.1, -0.05) is 60.7 Å². The zero-order chi connectivity index (χ0) is 30.7. The fourth-order valence-electron chi connectivity index (χ4n) is 5.33. The molecule has 2 unspecified atom stereocenters. The van der Waals surface area contributed by atoms with Gasteiger partial charge in [-0.3, -0.25) is 0 Å². The molecule has 0 fully saturated rings. The van der Waals surface area contributed by atoms with Gasteiger partial charge in [0.1, 0.15) is 11.7 Å². The molecule has 228 valence electrons. The smallest absolute Gasteiger partial charge is 0.320 e. The molecule has 0 saturated carbocycles. The summed E-state index contributed by atoms with van der Waals surface area (Å²) in [6.07, 6.45) is 2.69. The Labute approximate surface area is 254 Å². The summed E-state index contributed by atoms with van der Waals surface area (Å²) in [6, 6.07) is 26.7. The Balaban J connectivity index is 1.66. The first-order valence-electron chi connectivity index (χ1n) is 14.5. The van der Waals surface area contributed by atoms with Crippen molar-refractivity contribution in [1.82, 2.24) is 9.97 Å². The van der Waals surface area contributed by atoms with E-state index in [9.17, 15) is 0 Å². The lowest BCUT2D eigenvalue weighted by molar-refractivity contribution is -0.122. The van der Waals surface area contributed by atoms with Gasteiger partial charge in [-0.05, 0) is 68.4 Å². The maximum absolute atomic E-state index is 6.96. The molecule has 0 aliphatic carbocycles. The van der Waals surface area contributed by atoms with E-state index in [0.29, 0.717) is 42.6 Å². The molecule has 0 amide bonds. The second-order valence-electron chi connectivity index (χ2n) is 10.3. The Hall–Kier alpha value is -4.30. The molecule has 43 heavy (non-hydrogen) atoms. The van der Waals surface area contributed by atoms with Crippen molar-refractivity contribution < 1.29 is 28.4 Å². The van der Waals surface area contributed by atoms with Gasteiger partial charge in [0.05, 0.1) is 35.0 Å². The molecule has 1 aromatic heterocycles. The molecule has 0 radical (unpaired) electrons. The minimum atomic E-state index is -0.795. The van der Waals surface area contributed by atoms with Crippen molar-refractivity contribution in [3.63, 3.8) is 0 Å². The van der Waals surface area contributed by atoms with Gasteiger partial charge in [-0.15, -0.1) is 0 Å². The lowest BCUT2D eigenvalue weighted by Crippen LogP contribution is -2.45. The molecule has 8 nitrogen and oxygen atoms in total. The molecule has 0 aliphatic rings. The minimum Gasteiger partial charge on any atom is -0.493 e. The summed E-state index contributed by atoms with van der Waals surface area (Å²) < 4.78 is 35.5. The summed E-state index contributed by atoms with van der Waals surface area (Å²) >= 11 is 0. The standard InChI is InChI=1S/C35H42N2O6/c1-25-22-32(40-5)37-34(36-25)43-26(2)35(29-17-11-8-12-18-29,20-13-16-27-14-9-7-10-15-27)42-21-19-28-23-30(38-3)33(41-6)31(24-28)39-4/h7-12,14-15,17-18,22-24,26H,13,16,19-21H2,1-6H3. The van der Waals surface area contributed by atoms with E-state index >= 15 is 0 Å². The van der Waals surface area contributed by atoms with E-state index in [1.165, 1.54) is 5.56 Å². The van der Waals surface area contributed by atoms with E-state index in [1.807, 2.05) is 50.2 Å². The molecular formula is C35H42N2O6. The summed E-state index contributed by atoms with van der Waals surface area (Å²) in [5.74, 6) is 2.23. The topological polar surface area (TPSA) is 81.2 Å². The van der Waals surface area contributed by atoms with Crippen molar-refractivity contribution in [3.05, 3.63) is 101 Å². The predicted molar refractivity (Wildman–Crippen MR) is 167 cm³/mol. The molecule has 0 bridgehead atoms. The predicted octanol–water partition coefficient (Wildman–Crippen LogP) is 6.76. The lowest BCUT2D eigenvalue weighted by Gasteiger charge is -2.39. The maximum atomic E-state index is 6.96. The fourth-order valence-corrected chi connectivity index (χ4v) is 5.33. The molecule has 2 atom stereocenters. The highest BCUT2D eigenvalue weighted by molar-refractivity contribution is 5.53. The first kappa shape index (κ1) is 31.6. The third kappa shape index (κ3) is 7.96. The van der Waals surface area contributed by atoms with Crippen molar-refractivity contribution in [2.75, 3.05) is 35.0 Å². The molecule has 4 rings (SSSR count). The Morgan fingerprint density at radius 3 is 1.98 bits per heavy atom. The molecule has 8 heteroatoms. The van der Waals surface area contributed by atoms with Crippen molar-refractivity contribution in [1.29, 1.82) is 0 Å². The Bertz CT molecular complexity index is 1410. The number of rotatable bonds is 16. The average molecular weight is 587 g/mol. The van der Waals surface area contributed by atoms with Gasteiger partial charge in [-0.2, -0.15) is 4.98 Å². The zero-order valence-electron chi connectivity index (χ0n) is 26.0. The third-order valence-corrected chi connectivity index (χ3v) is 7.55. The second-order valence-corrected chi connectivity index (χ2v) is 10.3. The van der Waals surface area contributed by atoms with E-state index in [2.05, 4.69) is 46.4 Å². The number of methoxy groups -OCH3 is 4. The highest BCUT2D eigenvalue weighted by Gasteiger charge is 2.41. The average Bonchev–Trinajstić information content (AvgIpc) is 3.04. The van der Waals surface area contributed by atoms with Crippen LogP contribution >= 0.6 is 0 Å². The largest absolute Gasteiger partial charge is 0.493 e. The molecule has 0 N–H and O–H groups in total. The number of benzene rings is 3. The number of ether oxygens (including phenoxy) is 6. The minimum absolute atomic E-state index is 0.251. The summed E-state index contributed by atoms with van der Waals surface area (Å²) in [6.45, 7) is 4.33. The Kier molecular flexibility index (Phi) is 11.2. The van der Waals surface area contributed by atoms with Crippen LogP contribution in [0.3, 0.4) is 0 Å². The van der Waals surface area contributed by atoms with E-state index in [1.54, 1.807) is 34.5 Å². The molecule has 0 spiro atoms. The first-order chi connectivity index (χ1) is 20.9. The van der Waals surface area contributed by atoms with Gasteiger partial charge in [0.2, 0.25) is 11.6 Å². The van der Waals surface area contributed by atoms with E-state index in [4.69, 9.17) is 28.4 Å². The quantitative estimate of drug-likeness (QED) is 0.142. The number of nitrogens with zero attached hydrogens (tertiary/aromatic N) is 2. The third-order valence-electron chi connectivity index (χ3n) is 7.55. The van der Waals surface area contributed by atoms with Crippen LogP contribution < -0.4 is 23.7 Å². The molecule has 4 aromatic rings. The molecule has 0 saturated heterocycles. The number of aromatic nitrogens is 2. The second kappa shape index (κ2) is 15.3. The van der Waals surface area contributed by atoms with E-state index < -0.39 is 11.7 Å². The monoisotopic (exact) mass is 586 g/mol. The Morgan fingerprint density at radius 2 is 1.37 bits per heavy atom. The zero-order valence-corrected chi connectivity index (χ0v) is 26.0. The Morgan fingerprint density at radius 1 is 0.721 bits per heavy atom. The first-order valence-corrected chi connectivity index (χ1v) is 14.5. The van der Waals surface area contributed by atoms with Crippen LogP contribution in [0.1, 0.15) is 42.1 Å². The van der Waals surface area contributed by atoms with Crippen LogP contribution in [0.5, 0.6) is 29.1 Å². The van der Waals surface area contributed by atoms with Crippen LogP contribution in [0, 0.1) is 6.92 Å². The maximum Gasteiger partial charge on any atom is 0.320 e. The highest BCUT2D eigenvalue weighted by atomic mass is 16.6. The van der Waals surface area contributed by atoms with Gasteiger partial charge in [-0.25, -0.2) is 4.98 Å². The van der Waals surface area contributed by atoms with Crippen LogP contribution in [-0.2, 0) is 23.2 Å². The number of aryl methyl sites for hydroxylation is 2. The summed E-state index contributed by atoms with van der Waals surface area (Å²) in [7, 11) is 6.42.